The molecular formula is C22H30N4O2S. The molecule has 0 aliphatic carbocycles. The topological polar surface area (TPSA) is 58.6 Å². The van der Waals surface area contributed by atoms with Gasteiger partial charge in [-0.2, -0.15) is 0 Å². The summed E-state index contributed by atoms with van der Waals surface area (Å²) in [5.41, 5.74) is 2.32. The van der Waals surface area contributed by atoms with E-state index in [1.54, 1.807) is 0 Å². The monoisotopic (exact) mass is 414 g/mol. The van der Waals surface area contributed by atoms with Crippen LogP contribution in [0.25, 0.3) is 0 Å². The molecule has 0 radical (unpaired) electrons. The Kier molecular flexibility index (Phi) is 5.99. The molecule has 1 amide bonds. The van der Waals surface area contributed by atoms with Gasteiger partial charge in [0.25, 0.3) is 5.91 Å². The highest BCUT2D eigenvalue weighted by Crippen LogP contribution is 2.42. The number of carbonyl (C=O) groups is 1. The van der Waals surface area contributed by atoms with Crippen molar-refractivity contribution >= 4 is 17.2 Å². The number of amides is 1. The summed E-state index contributed by atoms with van der Waals surface area (Å²) >= 11 is 1.51. The molecule has 2 aromatic heterocycles. The number of aromatic nitrogens is 2. The smallest absolute Gasteiger partial charge is 0.265 e. The van der Waals surface area contributed by atoms with Crippen molar-refractivity contribution in [2.45, 2.75) is 45.8 Å². The zero-order chi connectivity index (χ0) is 20.4. The van der Waals surface area contributed by atoms with Gasteiger partial charge in [0.2, 0.25) is 0 Å². The zero-order valence-corrected chi connectivity index (χ0v) is 18.4. The molecule has 2 aliphatic rings. The Morgan fingerprint density at radius 2 is 2.17 bits per heavy atom. The van der Waals surface area contributed by atoms with Crippen LogP contribution in [0.5, 0.6) is 0 Å². The molecule has 0 aromatic carbocycles. The number of nitrogens with zero attached hydrogens (tertiary/aromatic N) is 4. The molecule has 0 unspecified atom stereocenters. The second-order valence-electron chi connectivity index (χ2n) is 8.63. The fraction of sp³-hybridized carbons (Fsp3) is 0.591. The average Bonchev–Trinajstić information content (AvgIpc) is 3.25. The minimum atomic E-state index is 0.148. The van der Waals surface area contributed by atoms with E-state index in [2.05, 4.69) is 28.0 Å². The van der Waals surface area contributed by atoms with E-state index in [0.29, 0.717) is 0 Å². The van der Waals surface area contributed by atoms with Crippen molar-refractivity contribution in [1.82, 2.24) is 19.8 Å². The fourth-order valence-electron chi connectivity index (χ4n) is 4.63. The van der Waals surface area contributed by atoms with Gasteiger partial charge in [0.15, 0.2) is 0 Å². The van der Waals surface area contributed by atoms with Gasteiger partial charge in [-0.05, 0) is 57.2 Å². The first-order valence-corrected chi connectivity index (χ1v) is 11.2. The van der Waals surface area contributed by atoms with Crippen LogP contribution in [0.15, 0.2) is 24.5 Å². The molecule has 0 bridgehead atoms. The number of aryl methyl sites for hydroxylation is 2. The third kappa shape index (κ3) is 4.68. The van der Waals surface area contributed by atoms with Crippen LogP contribution >= 0.6 is 11.3 Å². The Bertz CT molecular complexity index is 846. The zero-order valence-electron chi connectivity index (χ0n) is 17.6. The third-order valence-electron chi connectivity index (χ3n) is 6.19. The molecule has 4 heterocycles. The van der Waals surface area contributed by atoms with Crippen LogP contribution in [0, 0.1) is 19.3 Å². The maximum absolute atomic E-state index is 12.9. The maximum Gasteiger partial charge on any atom is 0.265 e. The molecule has 2 aromatic rings. The lowest BCUT2D eigenvalue weighted by molar-refractivity contribution is 0.0459. The third-order valence-corrected chi connectivity index (χ3v) is 7.25. The van der Waals surface area contributed by atoms with Gasteiger partial charge < -0.3 is 9.64 Å². The number of rotatable bonds is 5. The van der Waals surface area contributed by atoms with Crippen molar-refractivity contribution in [2.75, 3.05) is 33.3 Å². The normalized spacial score (nSPS) is 21.2. The Morgan fingerprint density at radius 3 is 2.83 bits per heavy atom. The summed E-state index contributed by atoms with van der Waals surface area (Å²) in [5, 5.41) is 0.960. The second-order valence-corrected chi connectivity index (χ2v) is 9.84. The van der Waals surface area contributed by atoms with Crippen molar-refractivity contribution in [3.8, 4) is 0 Å². The quantitative estimate of drug-likeness (QED) is 0.751. The maximum atomic E-state index is 12.9. The van der Waals surface area contributed by atoms with Crippen molar-refractivity contribution in [3.63, 3.8) is 0 Å². The van der Waals surface area contributed by atoms with E-state index in [0.717, 1.165) is 67.6 Å². The first-order valence-electron chi connectivity index (χ1n) is 10.4. The lowest BCUT2D eigenvalue weighted by atomic mass is 9.76. The molecule has 2 fully saturated rings. The lowest BCUT2D eigenvalue weighted by Crippen LogP contribution is -2.43. The van der Waals surface area contributed by atoms with E-state index in [-0.39, 0.29) is 17.4 Å². The summed E-state index contributed by atoms with van der Waals surface area (Å²) in [5.74, 6) is 0.148. The molecule has 0 saturated carbocycles. The summed E-state index contributed by atoms with van der Waals surface area (Å²) in [4.78, 5) is 26.6. The lowest BCUT2D eigenvalue weighted by Gasteiger charge is -2.38. The Hall–Kier alpha value is -1.83. The number of hydrogen-bond acceptors (Lipinski definition) is 6. The number of piperidine rings is 1. The second kappa shape index (κ2) is 8.50. The van der Waals surface area contributed by atoms with Gasteiger partial charge in [0, 0.05) is 38.6 Å². The summed E-state index contributed by atoms with van der Waals surface area (Å²) in [6.07, 6.45) is 7.14. The summed E-state index contributed by atoms with van der Waals surface area (Å²) in [7, 11) is 2.14. The molecule has 0 N–H and O–H groups in total. The van der Waals surface area contributed by atoms with Gasteiger partial charge in [-0.25, -0.2) is 4.98 Å². The number of likely N-dealkylation sites (tertiary alicyclic amines) is 1. The van der Waals surface area contributed by atoms with Crippen LogP contribution in [0.4, 0.5) is 0 Å². The van der Waals surface area contributed by atoms with Crippen LogP contribution in [0.3, 0.4) is 0 Å². The summed E-state index contributed by atoms with van der Waals surface area (Å²) < 4.78 is 6.19. The van der Waals surface area contributed by atoms with Crippen LogP contribution in [-0.2, 0) is 11.3 Å². The van der Waals surface area contributed by atoms with Crippen LogP contribution in [0.2, 0.25) is 0 Å². The molecule has 2 aliphatic heterocycles. The Labute approximate surface area is 176 Å². The molecule has 29 heavy (non-hydrogen) atoms. The SMILES string of the molecule is Cc1nc(C)c(C(=O)N2CCC3(CC2)CO[C@@H](CN(C)Cc2cccnc2)C3)s1. The van der Waals surface area contributed by atoms with Crippen LogP contribution < -0.4 is 0 Å². The Balaban J connectivity index is 1.28. The van der Waals surface area contributed by atoms with Gasteiger partial charge in [0.05, 0.1) is 23.4 Å². The number of pyridine rings is 1. The van der Waals surface area contributed by atoms with Crippen molar-refractivity contribution < 1.29 is 9.53 Å². The number of carbonyl (C=O) groups excluding carboxylic acids is 1. The van der Waals surface area contributed by atoms with Gasteiger partial charge in [-0.1, -0.05) is 6.07 Å². The Morgan fingerprint density at radius 1 is 1.38 bits per heavy atom. The highest BCUT2D eigenvalue weighted by molar-refractivity contribution is 7.13. The molecule has 1 atom stereocenters. The van der Waals surface area contributed by atoms with Crippen LogP contribution in [0.1, 0.15) is 45.2 Å². The summed E-state index contributed by atoms with van der Waals surface area (Å²) in [6, 6.07) is 4.09. The van der Waals surface area contributed by atoms with E-state index in [1.165, 1.54) is 16.9 Å². The largest absolute Gasteiger partial charge is 0.376 e. The molecule has 156 valence electrons. The van der Waals surface area contributed by atoms with Crippen molar-refractivity contribution in [2.24, 2.45) is 5.41 Å². The number of thiazole rings is 1. The highest BCUT2D eigenvalue weighted by Gasteiger charge is 2.43. The van der Waals surface area contributed by atoms with E-state index in [4.69, 9.17) is 4.74 Å². The summed E-state index contributed by atoms with van der Waals surface area (Å²) in [6.45, 7) is 8.16. The molecule has 2 saturated heterocycles. The molecular weight excluding hydrogens is 384 g/mol. The van der Waals surface area contributed by atoms with Crippen molar-refractivity contribution in [1.29, 1.82) is 0 Å². The molecule has 7 heteroatoms. The fourth-order valence-corrected chi connectivity index (χ4v) is 5.52. The average molecular weight is 415 g/mol. The highest BCUT2D eigenvalue weighted by atomic mass is 32.1. The van der Waals surface area contributed by atoms with E-state index < -0.39 is 0 Å². The van der Waals surface area contributed by atoms with E-state index in [1.807, 2.05) is 37.2 Å². The first kappa shape index (κ1) is 20.4. The van der Waals surface area contributed by atoms with E-state index in [9.17, 15) is 4.79 Å². The van der Waals surface area contributed by atoms with E-state index >= 15 is 0 Å². The number of ether oxygens (including phenoxy) is 1. The van der Waals surface area contributed by atoms with Gasteiger partial charge in [-0.15, -0.1) is 11.3 Å². The molecule has 4 rings (SSSR count). The van der Waals surface area contributed by atoms with Crippen molar-refractivity contribution in [3.05, 3.63) is 45.7 Å². The minimum Gasteiger partial charge on any atom is -0.376 e. The standard InChI is InChI=1S/C22H30N4O2S/c1-16-20(29-17(2)24-16)21(27)26-9-6-22(7-10-26)11-19(28-15-22)14-25(3)13-18-5-4-8-23-12-18/h4-5,8,12,19H,6-7,9-11,13-15H2,1-3H3/t19-/m1/s1. The first-order chi connectivity index (χ1) is 13.9. The van der Waals surface area contributed by atoms with Crippen LogP contribution in [-0.4, -0.2) is 65.1 Å². The number of hydrogen-bond donors (Lipinski definition) is 0. The number of likely N-dealkylation sites (N-methyl/N-ethyl adjacent to an activating group) is 1. The van der Waals surface area contributed by atoms with Gasteiger partial charge in [0.1, 0.15) is 4.88 Å². The molecule has 6 nitrogen and oxygen atoms in total. The molecule has 1 spiro atoms. The van der Waals surface area contributed by atoms with Gasteiger partial charge >= 0.3 is 0 Å². The van der Waals surface area contributed by atoms with Gasteiger partial charge in [-0.3, -0.25) is 14.7 Å². The predicted octanol–water partition coefficient (Wildman–Crippen LogP) is 3.30. The predicted molar refractivity (Wildman–Crippen MR) is 114 cm³/mol. The minimum absolute atomic E-state index is 0.148.